The van der Waals surface area contributed by atoms with E-state index in [2.05, 4.69) is 42.6 Å². The minimum atomic E-state index is -4.80. The molecule has 62 heavy (non-hydrogen) atoms. The lowest BCUT2D eigenvalue weighted by molar-refractivity contribution is -0.138. The van der Waals surface area contributed by atoms with Crippen LogP contribution in [0.5, 0.6) is 0 Å². The van der Waals surface area contributed by atoms with Gasteiger partial charge in [0.05, 0.1) is 41.1 Å². The minimum Gasteiger partial charge on any atom is -0.378 e. The number of imide groups is 2. The number of aromatic nitrogens is 2. The zero-order valence-corrected chi connectivity index (χ0v) is 33.8. The Morgan fingerprint density at radius 3 is 2.23 bits per heavy atom. The fourth-order valence-corrected chi connectivity index (χ4v) is 8.65. The molecule has 322 valence electrons. The van der Waals surface area contributed by atoms with Gasteiger partial charge in [-0.2, -0.15) is 23.5 Å². The van der Waals surface area contributed by atoms with E-state index in [0.717, 1.165) is 92.1 Å². The molecule has 15 nitrogen and oxygen atoms in total. The SMILES string of the molecule is C[C@](O)(Cn1cc(-c2ccc(N3CCC(CN4CCN(c5ccc6c(c5)C(=O)N(C5CCC(=O)NC5=O)C6=O)CC4)CC3)cc2)cn1)C(=O)Nc1ccc(C#N)c(C(F)(F)F)c1. The molecule has 18 heteroatoms. The molecule has 4 aliphatic heterocycles. The van der Waals surface area contributed by atoms with Crippen LogP contribution in [0.25, 0.3) is 11.1 Å². The molecule has 8 rings (SSSR count). The molecule has 3 N–H and O–H groups in total. The number of nitrogens with one attached hydrogen (secondary N) is 2. The summed E-state index contributed by atoms with van der Waals surface area (Å²) in [7, 11) is 0. The summed E-state index contributed by atoms with van der Waals surface area (Å²) >= 11 is 0. The highest BCUT2D eigenvalue weighted by Crippen LogP contribution is 2.35. The number of benzene rings is 3. The van der Waals surface area contributed by atoms with E-state index in [1.54, 1.807) is 24.5 Å². The van der Waals surface area contributed by atoms with E-state index in [1.807, 2.05) is 18.2 Å². The quantitative estimate of drug-likeness (QED) is 0.194. The van der Waals surface area contributed by atoms with Crippen molar-refractivity contribution >= 4 is 46.6 Å². The molecule has 0 saturated carbocycles. The van der Waals surface area contributed by atoms with Crippen LogP contribution in [0.4, 0.5) is 30.2 Å². The van der Waals surface area contributed by atoms with Crippen molar-refractivity contribution in [3.05, 3.63) is 95.3 Å². The fraction of sp³-hybridized carbons (Fsp3) is 0.386. The van der Waals surface area contributed by atoms with Gasteiger partial charge in [-0.15, -0.1) is 0 Å². The molecule has 5 heterocycles. The Balaban J connectivity index is 0.791. The molecule has 0 bridgehead atoms. The Kier molecular flexibility index (Phi) is 11.3. The Labute approximate surface area is 354 Å². The maximum absolute atomic E-state index is 13.4. The summed E-state index contributed by atoms with van der Waals surface area (Å²) in [4.78, 5) is 71.5. The summed E-state index contributed by atoms with van der Waals surface area (Å²) in [5.74, 6) is -2.44. The standard InChI is InChI=1S/C44H44F3N9O6/c1-43(62,42(61)50-31-5-2-29(22-48)36(20-31)44(45,46)47)26-55-25-30(23-49-55)28-3-6-32(7-4-28)53-14-12-27(13-15-53)24-52-16-18-54(19-17-52)33-8-9-34-35(21-33)41(60)56(40(34)59)37-10-11-38(57)51-39(37)58/h2-9,20-21,23,25,27,37,62H,10-19,24,26H2,1H3,(H,50,61)(H,51,57,58)/t37?,43-/m0/s1. The highest BCUT2D eigenvalue weighted by Gasteiger charge is 2.45. The van der Waals surface area contributed by atoms with Crippen LogP contribution in [-0.4, -0.2) is 112 Å². The first kappa shape index (κ1) is 42.1. The van der Waals surface area contributed by atoms with Gasteiger partial charge >= 0.3 is 6.18 Å². The Bertz CT molecular complexity index is 2460. The third kappa shape index (κ3) is 8.63. The monoisotopic (exact) mass is 851 g/mol. The molecule has 0 aliphatic carbocycles. The second-order valence-corrected chi connectivity index (χ2v) is 16.5. The number of rotatable bonds is 10. The molecule has 4 aromatic rings. The van der Waals surface area contributed by atoms with Crippen molar-refractivity contribution < 1.29 is 42.3 Å². The van der Waals surface area contributed by atoms with Crippen molar-refractivity contribution in [2.75, 3.05) is 60.9 Å². The maximum Gasteiger partial charge on any atom is 0.417 e. The Morgan fingerprint density at radius 1 is 0.871 bits per heavy atom. The highest BCUT2D eigenvalue weighted by atomic mass is 19.4. The summed E-state index contributed by atoms with van der Waals surface area (Å²) in [5.41, 5.74) is 0.138. The minimum absolute atomic E-state index is 0.0719. The van der Waals surface area contributed by atoms with Crippen molar-refractivity contribution in [3.63, 3.8) is 0 Å². The van der Waals surface area contributed by atoms with Crippen molar-refractivity contribution in [1.82, 2.24) is 24.9 Å². The molecule has 0 radical (unpaired) electrons. The molecular formula is C44H44F3N9O6. The largest absolute Gasteiger partial charge is 0.417 e. The Morgan fingerprint density at radius 2 is 1.55 bits per heavy atom. The van der Waals surface area contributed by atoms with E-state index in [1.165, 1.54) is 23.7 Å². The van der Waals surface area contributed by atoms with Crippen LogP contribution >= 0.6 is 0 Å². The molecule has 3 saturated heterocycles. The topological polar surface area (TPSA) is 184 Å². The molecule has 5 amide bonds. The van der Waals surface area contributed by atoms with Crippen LogP contribution in [0.2, 0.25) is 0 Å². The van der Waals surface area contributed by atoms with Gasteiger partial charge in [0.1, 0.15) is 6.04 Å². The normalized spacial score (nSPS) is 19.9. The molecule has 3 fully saturated rings. The first-order valence-corrected chi connectivity index (χ1v) is 20.4. The number of fused-ring (bicyclic) bond motifs is 1. The molecule has 1 aromatic heterocycles. The van der Waals surface area contributed by atoms with Gasteiger partial charge < -0.3 is 20.2 Å². The van der Waals surface area contributed by atoms with Gasteiger partial charge in [0, 0.05) is 81.1 Å². The number of hydrogen-bond acceptors (Lipinski definition) is 11. The van der Waals surface area contributed by atoms with Gasteiger partial charge in [-0.05, 0) is 86.2 Å². The number of hydrogen-bond donors (Lipinski definition) is 3. The van der Waals surface area contributed by atoms with E-state index < -0.39 is 58.5 Å². The number of halogens is 3. The lowest BCUT2D eigenvalue weighted by atomic mass is 9.95. The van der Waals surface area contributed by atoms with Crippen LogP contribution < -0.4 is 20.4 Å². The summed E-state index contributed by atoms with van der Waals surface area (Å²) in [6, 6.07) is 16.6. The smallest absolute Gasteiger partial charge is 0.378 e. The van der Waals surface area contributed by atoms with Crippen LogP contribution in [-0.2, 0) is 27.1 Å². The number of carbonyl (C=O) groups excluding carboxylic acids is 5. The molecule has 0 spiro atoms. The van der Waals surface area contributed by atoms with Gasteiger partial charge in [0.15, 0.2) is 5.60 Å². The van der Waals surface area contributed by atoms with Crippen molar-refractivity contribution in [3.8, 4) is 17.2 Å². The average molecular weight is 852 g/mol. The predicted octanol–water partition coefficient (Wildman–Crippen LogP) is 4.27. The number of piperazine rings is 1. The number of nitriles is 1. The molecule has 4 aliphatic rings. The lowest BCUT2D eigenvalue weighted by Gasteiger charge is -2.40. The number of piperidine rings is 2. The first-order valence-electron chi connectivity index (χ1n) is 20.4. The second kappa shape index (κ2) is 16.7. The van der Waals surface area contributed by atoms with Crippen LogP contribution in [0.1, 0.15) is 64.4 Å². The summed E-state index contributed by atoms with van der Waals surface area (Å²) in [6.45, 7) is 7.06. The van der Waals surface area contributed by atoms with E-state index in [4.69, 9.17) is 5.26 Å². The average Bonchev–Trinajstić information content (AvgIpc) is 3.81. The lowest BCUT2D eigenvalue weighted by Crippen LogP contribution is -2.54. The Hall–Kier alpha value is -6.58. The predicted molar refractivity (Wildman–Crippen MR) is 220 cm³/mol. The summed E-state index contributed by atoms with van der Waals surface area (Å²) < 4.78 is 41.6. The van der Waals surface area contributed by atoms with Gasteiger partial charge in [-0.3, -0.25) is 43.8 Å². The summed E-state index contributed by atoms with van der Waals surface area (Å²) in [5, 5.41) is 28.8. The van der Waals surface area contributed by atoms with Gasteiger partial charge in [0.25, 0.3) is 17.7 Å². The molecule has 1 unspecified atom stereocenters. The van der Waals surface area contributed by atoms with Gasteiger partial charge in [-0.1, -0.05) is 12.1 Å². The number of anilines is 3. The number of carbonyl (C=O) groups is 5. The third-order valence-electron chi connectivity index (χ3n) is 12.2. The van der Waals surface area contributed by atoms with Crippen molar-refractivity contribution in [2.45, 2.75) is 57.0 Å². The fourth-order valence-electron chi connectivity index (χ4n) is 8.65. The van der Waals surface area contributed by atoms with Gasteiger partial charge in [0.2, 0.25) is 11.8 Å². The van der Waals surface area contributed by atoms with Gasteiger partial charge in [-0.25, -0.2) is 0 Å². The number of nitrogens with zero attached hydrogens (tertiary/aromatic N) is 7. The zero-order chi connectivity index (χ0) is 43.9. The highest BCUT2D eigenvalue weighted by molar-refractivity contribution is 6.23. The molecular weight excluding hydrogens is 808 g/mol. The van der Waals surface area contributed by atoms with Crippen LogP contribution in [0, 0.1) is 17.2 Å². The third-order valence-corrected chi connectivity index (χ3v) is 12.2. The van der Waals surface area contributed by atoms with Crippen molar-refractivity contribution in [2.24, 2.45) is 5.92 Å². The van der Waals surface area contributed by atoms with E-state index in [9.17, 15) is 42.3 Å². The zero-order valence-electron chi connectivity index (χ0n) is 33.8. The van der Waals surface area contributed by atoms with E-state index in [-0.39, 0.29) is 36.2 Å². The first-order chi connectivity index (χ1) is 29.6. The second-order valence-electron chi connectivity index (χ2n) is 16.5. The number of amides is 5. The number of alkyl halides is 3. The molecule has 2 atom stereocenters. The van der Waals surface area contributed by atoms with Crippen LogP contribution in [0.3, 0.4) is 0 Å². The number of aliphatic hydroxyl groups is 1. The maximum atomic E-state index is 13.4. The van der Waals surface area contributed by atoms with Crippen LogP contribution in [0.15, 0.2) is 73.1 Å². The molecule has 3 aromatic carbocycles. The summed E-state index contributed by atoms with van der Waals surface area (Å²) in [6.07, 6.45) is 0.766. The van der Waals surface area contributed by atoms with Crippen molar-refractivity contribution in [1.29, 1.82) is 5.26 Å². The van der Waals surface area contributed by atoms with E-state index in [0.29, 0.717) is 12.0 Å². The van der Waals surface area contributed by atoms with E-state index >= 15 is 0 Å².